The monoisotopic (exact) mass is 547 g/mol. The Balaban J connectivity index is 2.04. The van der Waals surface area contributed by atoms with Crippen LogP contribution in [0.15, 0.2) is 28.7 Å². The Morgan fingerprint density at radius 2 is 1.76 bits per heavy atom. The molecule has 14 heteroatoms. The predicted octanol–water partition coefficient (Wildman–Crippen LogP) is -1.19. The average Bonchev–Trinajstić information content (AvgIpc) is 2.79. The maximum absolute atomic E-state index is 13.9. The maximum atomic E-state index is 13.9. The zero-order valence-electron chi connectivity index (χ0n) is 21.0. The van der Waals surface area contributed by atoms with Crippen LogP contribution in [0, 0.1) is 11.8 Å². The normalized spacial score (nSPS) is 28.6. The fraction of sp³-hybridized carbons (Fsp3) is 0.417. The summed E-state index contributed by atoms with van der Waals surface area (Å²) < 4.78 is 0. The molecule has 204 valence electrons. The largest absolute Gasteiger partial charge is 0.510 e. The van der Waals surface area contributed by atoms with E-state index in [9.17, 15) is 39.9 Å². The number of aromatic hydroxyl groups is 1. The highest BCUT2D eigenvalue weighted by atomic mass is 32.1. The molecule has 2 unspecified atom stereocenters. The van der Waals surface area contributed by atoms with Crippen LogP contribution in [0.5, 0.6) is 5.75 Å². The number of ketones is 2. The first-order chi connectivity index (χ1) is 17.6. The number of fused-ring (bicyclic) bond motifs is 3. The highest BCUT2D eigenvalue weighted by Gasteiger charge is 2.66. The molecule has 0 saturated carbocycles. The van der Waals surface area contributed by atoms with Gasteiger partial charge in [0.25, 0.3) is 5.91 Å². The number of thiocarbonyl (C=S) groups is 1. The summed E-state index contributed by atoms with van der Waals surface area (Å²) >= 11 is 4.86. The number of amides is 1. The average molecular weight is 548 g/mol. The molecule has 0 radical (unpaired) electrons. The van der Waals surface area contributed by atoms with E-state index in [4.69, 9.17) is 23.7 Å². The van der Waals surface area contributed by atoms with E-state index in [-0.39, 0.29) is 22.8 Å². The molecule has 3 aliphatic carbocycles. The summed E-state index contributed by atoms with van der Waals surface area (Å²) in [5, 5.41) is 58.8. The molecule has 10 N–H and O–H groups in total. The summed E-state index contributed by atoms with van der Waals surface area (Å²) in [6.07, 6.45) is -1.76. The van der Waals surface area contributed by atoms with Crippen LogP contribution >= 0.6 is 12.2 Å². The number of hydrogen-bond acceptors (Lipinski definition) is 11. The van der Waals surface area contributed by atoms with Gasteiger partial charge in [0.2, 0.25) is 5.78 Å². The number of nitrogens with two attached hydrogens (primary N) is 2. The van der Waals surface area contributed by atoms with Gasteiger partial charge in [-0.2, -0.15) is 0 Å². The van der Waals surface area contributed by atoms with Crippen LogP contribution in [-0.4, -0.2) is 99.0 Å². The van der Waals surface area contributed by atoms with Crippen LogP contribution in [0.25, 0.3) is 0 Å². The first-order valence-electron chi connectivity index (χ1n) is 11.5. The second kappa shape index (κ2) is 8.94. The Kier molecular flexibility index (Phi) is 6.43. The summed E-state index contributed by atoms with van der Waals surface area (Å²) in [7, 11) is 6.32. The number of nitrogens with zero attached hydrogens (tertiary/aromatic N) is 2. The van der Waals surface area contributed by atoms with Gasteiger partial charge in [-0.25, -0.2) is 0 Å². The number of rotatable bonds is 4. The molecule has 38 heavy (non-hydrogen) atoms. The number of nitrogens with one attached hydrogen (secondary N) is 1. The van der Waals surface area contributed by atoms with Gasteiger partial charge in [0.15, 0.2) is 22.2 Å². The molecule has 1 aromatic carbocycles. The first-order valence-corrected chi connectivity index (χ1v) is 11.9. The number of carbonyl (C=O) groups excluding carboxylic acids is 3. The lowest BCUT2D eigenvalue weighted by Crippen LogP contribution is -2.68. The molecule has 1 amide bonds. The zero-order valence-corrected chi connectivity index (χ0v) is 21.8. The third kappa shape index (κ3) is 3.55. The van der Waals surface area contributed by atoms with E-state index >= 15 is 0 Å². The van der Waals surface area contributed by atoms with Gasteiger partial charge in [0.05, 0.1) is 29.3 Å². The van der Waals surface area contributed by atoms with Crippen molar-refractivity contribution in [2.75, 3.05) is 38.4 Å². The van der Waals surface area contributed by atoms with Gasteiger partial charge in [-0.3, -0.25) is 19.3 Å². The lowest BCUT2D eigenvalue weighted by atomic mass is 9.57. The second-order valence-electron chi connectivity index (χ2n) is 10.1. The van der Waals surface area contributed by atoms with Gasteiger partial charge < -0.3 is 47.2 Å². The smallest absolute Gasteiger partial charge is 0.255 e. The topological polar surface area (TPSA) is 223 Å². The lowest BCUT2D eigenvalue weighted by molar-refractivity contribution is -0.161. The van der Waals surface area contributed by atoms with Crippen molar-refractivity contribution in [2.24, 2.45) is 23.3 Å². The maximum Gasteiger partial charge on any atom is 0.255 e. The lowest BCUT2D eigenvalue weighted by Gasteiger charge is -2.52. The highest BCUT2D eigenvalue weighted by molar-refractivity contribution is 7.80. The minimum atomic E-state index is -2.97. The van der Waals surface area contributed by atoms with E-state index in [1.54, 1.807) is 19.0 Å². The van der Waals surface area contributed by atoms with Gasteiger partial charge in [-0.15, -0.1) is 0 Å². The van der Waals surface area contributed by atoms with E-state index in [0.717, 1.165) is 0 Å². The summed E-state index contributed by atoms with van der Waals surface area (Å²) in [4.78, 5) is 42.4. The molecule has 0 saturated heterocycles. The molecule has 0 spiro atoms. The molecule has 1 aromatic rings. The zero-order chi connectivity index (χ0) is 28.6. The van der Waals surface area contributed by atoms with Crippen LogP contribution in [0.2, 0.25) is 0 Å². The van der Waals surface area contributed by atoms with E-state index in [2.05, 4.69) is 5.32 Å². The Bertz CT molecular complexity index is 1370. The standard InChI is InChI=1S/C24H29N5O8S/c1-28(2)10-6-9(27-23(26)38)17(31)11-7(10)5-8-12(18(11)32)20(34)24(37)14(16(8)30)15(29(3)4)19(33)13(21(24)35)22(25)36/h6,8,14-16,30-31,33-34,37H,5H2,1-4H3,(H2,25,36)(H3,26,27,38)/t8?,14?,15-,16-,24-/m0/s1. The van der Waals surface area contributed by atoms with Crippen LogP contribution < -0.4 is 21.7 Å². The van der Waals surface area contributed by atoms with Gasteiger partial charge in [0, 0.05) is 31.3 Å². The highest BCUT2D eigenvalue weighted by Crippen LogP contribution is 2.54. The first kappa shape index (κ1) is 27.3. The molecule has 0 aromatic heterocycles. The number of hydrogen-bond donors (Lipinski definition) is 8. The van der Waals surface area contributed by atoms with Crippen molar-refractivity contribution < 1.29 is 39.9 Å². The Labute approximate surface area is 222 Å². The molecule has 0 fully saturated rings. The van der Waals surface area contributed by atoms with E-state index in [1.807, 2.05) is 0 Å². The Hall–Kier alpha value is -3.72. The second-order valence-corrected chi connectivity index (χ2v) is 10.5. The van der Waals surface area contributed by atoms with Crippen LogP contribution in [0.1, 0.15) is 15.9 Å². The van der Waals surface area contributed by atoms with E-state index < -0.39 is 75.5 Å². The van der Waals surface area contributed by atoms with Gasteiger partial charge in [-0.05, 0) is 44.4 Å². The molecule has 4 rings (SSSR count). The molecule has 0 bridgehead atoms. The summed E-state index contributed by atoms with van der Waals surface area (Å²) in [6, 6.07) is 0.190. The number of aliphatic hydroxyl groups is 4. The number of anilines is 2. The molecule has 0 heterocycles. The van der Waals surface area contributed by atoms with E-state index in [0.29, 0.717) is 11.3 Å². The number of benzene rings is 1. The number of carbonyl (C=O) groups is 3. The quantitative estimate of drug-likeness (QED) is 0.126. The van der Waals surface area contributed by atoms with Crippen molar-refractivity contribution in [1.29, 1.82) is 0 Å². The van der Waals surface area contributed by atoms with Crippen molar-refractivity contribution in [3.8, 4) is 5.75 Å². The molecule has 0 aliphatic heterocycles. The number of Topliss-reactive ketones (excluding diaryl/α,β-unsaturated/α-hetero) is 2. The molecule has 3 aliphatic rings. The Morgan fingerprint density at radius 3 is 2.26 bits per heavy atom. The van der Waals surface area contributed by atoms with Crippen LogP contribution in [0.4, 0.5) is 11.4 Å². The summed E-state index contributed by atoms with van der Waals surface area (Å²) in [5.74, 6) is -8.89. The summed E-state index contributed by atoms with van der Waals surface area (Å²) in [5.41, 5.74) is 7.00. The van der Waals surface area contributed by atoms with Crippen molar-refractivity contribution in [2.45, 2.75) is 24.2 Å². The van der Waals surface area contributed by atoms with Crippen molar-refractivity contribution in [3.05, 3.63) is 39.9 Å². The van der Waals surface area contributed by atoms with Crippen molar-refractivity contribution in [3.63, 3.8) is 0 Å². The number of primary amides is 1. The fourth-order valence-electron chi connectivity index (χ4n) is 5.94. The number of phenols is 1. The number of phenolic OH excluding ortho intramolecular Hbond substituents is 1. The van der Waals surface area contributed by atoms with Gasteiger partial charge in [-0.1, -0.05) is 0 Å². The SMILES string of the molecule is CN(C)c1cc(NC(N)=S)c(O)c2c1CC1C(=C(O)[C@]3(O)C(=O)C(C(N)=O)=C(O)[C@@H](N(C)C)C3[C@H]1O)C2=O. The molecule has 5 atom stereocenters. The third-order valence-electron chi connectivity index (χ3n) is 7.52. The Morgan fingerprint density at radius 1 is 1.16 bits per heavy atom. The third-order valence-corrected chi connectivity index (χ3v) is 7.62. The minimum Gasteiger partial charge on any atom is -0.510 e. The van der Waals surface area contributed by atoms with Crippen LogP contribution in [0.3, 0.4) is 0 Å². The van der Waals surface area contributed by atoms with Crippen LogP contribution in [-0.2, 0) is 16.0 Å². The minimum absolute atomic E-state index is 0.00470. The fourth-order valence-corrected chi connectivity index (χ4v) is 6.05. The number of likely N-dealkylation sites (N-methyl/N-ethyl adjacent to an activating group) is 1. The predicted molar refractivity (Wildman–Crippen MR) is 140 cm³/mol. The van der Waals surface area contributed by atoms with E-state index in [1.165, 1.54) is 25.1 Å². The number of aliphatic hydroxyl groups excluding tert-OH is 3. The molecular weight excluding hydrogens is 518 g/mol. The summed E-state index contributed by atoms with van der Waals surface area (Å²) in [6.45, 7) is 0. The molecule has 13 nitrogen and oxygen atoms in total. The molecular formula is C24H29N5O8S. The van der Waals surface area contributed by atoms with Crippen molar-refractivity contribution in [1.82, 2.24) is 4.90 Å². The van der Waals surface area contributed by atoms with Gasteiger partial charge >= 0.3 is 0 Å². The van der Waals surface area contributed by atoms with Gasteiger partial charge in [0.1, 0.15) is 17.1 Å². The van der Waals surface area contributed by atoms with Crippen molar-refractivity contribution >= 4 is 46.2 Å².